The molecule has 0 aliphatic carbocycles. The quantitative estimate of drug-likeness (QED) is 0.855. The highest BCUT2D eigenvalue weighted by molar-refractivity contribution is 6.30. The highest BCUT2D eigenvalue weighted by atomic mass is 35.5. The van der Waals surface area contributed by atoms with Crippen LogP contribution in [0.1, 0.15) is 42.1 Å². The maximum absolute atomic E-state index is 13.2. The number of rotatable bonds is 3. The summed E-state index contributed by atoms with van der Waals surface area (Å²) in [4.78, 5) is 23.3. The Morgan fingerprint density at radius 2 is 2.25 bits per heavy atom. The van der Waals surface area contributed by atoms with Crippen LogP contribution < -0.4 is 0 Å². The predicted molar refractivity (Wildman–Crippen MR) is 88.1 cm³/mol. The molecular formula is C18H17ClFN3O. The molecule has 2 unspecified atom stereocenters. The van der Waals surface area contributed by atoms with Gasteiger partial charge in [0.2, 0.25) is 5.91 Å². The molecule has 0 saturated carbocycles. The maximum Gasteiger partial charge on any atom is 0.223 e. The topological polar surface area (TPSA) is 46.1 Å². The first-order chi connectivity index (χ1) is 11.6. The number of hydrogen-bond acceptors (Lipinski definition) is 3. The van der Waals surface area contributed by atoms with E-state index in [9.17, 15) is 9.18 Å². The number of amides is 1. The Bertz CT molecular complexity index is 798. The second kappa shape index (κ2) is 6.13. The lowest BCUT2D eigenvalue weighted by molar-refractivity contribution is -0.134. The fourth-order valence-corrected chi connectivity index (χ4v) is 4.08. The average molecular weight is 346 g/mol. The van der Waals surface area contributed by atoms with Gasteiger partial charge < -0.3 is 4.90 Å². The van der Waals surface area contributed by atoms with Gasteiger partial charge in [0, 0.05) is 30.6 Å². The molecule has 0 radical (unpaired) electrons. The van der Waals surface area contributed by atoms with Crippen molar-refractivity contribution in [2.45, 2.75) is 44.2 Å². The van der Waals surface area contributed by atoms with E-state index in [1.54, 1.807) is 18.5 Å². The summed E-state index contributed by atoms with van der Waals surface area (Å²) in [5.74, 6) is -0.296. The minimum absolute atomic E-state index is 0.101. The van der Waals surface area contributed by atoms with E-state index in [1.807, 2.05) is 11.1 Å². The fourth-order valence-electron chi connectivity index (χ4n) is 3.88. The molecule has 1 aromatic carbocycles. The van der Waals surface area contributed by atoms with Crippen LogP contribution in [0.15, 0.2) is 30.7 Å². The Balaban J connectivity index is 1.48. The van der Waals surface area contributed by atoms with Gasteiger partial charge >= 0.3 is 0 Å². The number of aromatic nitrogens is 2. The zero-order valence-corrected chi connectivity index (χ0v) is 13.8. The van der Waals surface area contributed by atoms with E-state index in [0.29, 0.717) is 12.8 Å². The first-order valence-electron chi connectivity index (χ1n) is 8.17. The van der Waals surface area contributed by atoms with Crippen molar-refractivity contribution < 1.29 is 9.18 Å². The fraction of sp³-hybridized carbons (Fsp3) is 0.389. The maximum atomic E-state index is 13.2. The molecule has 124 valence electrons. The smallest absolute Gasteiger partial charge is 0.223 e. The van der Waals surface area contributed by atoms with Crippen LogP contribution in [0.3, 0.4) is 0 Å². The molecule has 3 heterocycles. The van der Waals surface area contributed by atoms with E-state index >= 15 is 0 Å². The van der Waals surface area contributed by atoms with Crippen molar-refractivity contribution in [3.63, 3.8) is 0 Å². The highest BCUT2D eigenvalue weighted by Gasteiger charge is 2.42. The standard InChI is InChI=1S/C18H17ClFN3O/c19-14-7-11(1-4-15(14)20)2-6-18(24)23-12-3-5-17(23)13-9-21-10-22-16(13)8-12/h1,4,7,9-10,12,17H,2-3,5-6,8H2. The van der Waals surface area contributed by atoms with Crippen molar-refractivity contribution in [1.82, 2.24) is 14.9 Å². The largest absolute Gasteiger partial charge is 0.332 e. The van der Waals surface area contributed by atoms with Crippen LogP contribution in [-0.2, 0) is 17.6 Å². The second-order valence-electron chi connectivity index (χ2n) is 6.43. The van der Waals surface area contributed by atoms with Gasteiger partial charge in [0.05, 0.1) is 16.8 Å². The van der Waals surface area contributed by atoms with Gasteiger partial charge in [-0.25, -0.2) is 14.4 Å². The minimum atomic E-state index is -0.433. The SMILES string of the molecule is O=C(CCc1ccc(F)c(Cl)c1)N1C2CCC1c1cncnc1C2. The van der Waals surface area contributed by atoms with Gasteiger partial charge in [0.1, 0.15) is 12.1 Å². The van der Waals surface area contributed by atoms with Gasteiger partial charge in [0.25, 0.3) is 0 Å². The third kappa shape index (κ3) is 2.67. The van der Waals surface area contributed by atoms with Gasteiger partial charge in [0.15, 0.2) is 0 Å². The van der Waals surface area contributed by atoms with Crippen molar-refractivity contribution >= 4 is 17.5 Å². The lowest BCUT2D eigenvalue weighted by atomic mass is 9.98. The summed E-state index contributed by atoms with van der Waals surface area (Å²) in [5.41, 5.74) is 3.04. The van der Waals surface area contributed by atoms with Crippen LogP contribution in [0, 0.1) is 5.82 Å². The zero-order chi connectivity index (χ0) is 16.7. The molecule has 0 spiro atoms. The Morgan fingerprint density at radius 1 is 1.38 bits per heavy atom. The molecular weight excluding hydrogens is 329 g/mol. The lowest BCUT2D eigenvalue weighted by Gasteiger charge is -2.35. The van der Waals surface area contributed by atoms with E-state index in [1.165, 1.54) is 6.07 Å². The molecule has 2 aliphatic rings. The van der Waals surface area contributed by atoms with Crippen molar-refractivity contribution in [1.29, 1.82) is 0 Å². The number of benzene rings is 1. The molecule has 1 amide bonds. The van der Waals surface area contributed by atoms with Crippen LogP contribution >= 0.6 is 11.6 Å². The van der Waals surface area contributed by atoms with Gasteiger partial charge in [-0.1, -0.05) is 17.7 Å². The Hall–Kier alpha value is -2.01. The number of fused-ring (bicyclic) bond motifs is 4. The number of carbonyl (C=O) groups is 1. The number of nitrogens with zero attached hydrogens (tertiary/aromatic N) is 3. The summed E-state index contributed by atoms with van der Waals surface area (Å²) >= 11 is 5.81. The number of carbonyl (C=O) groups excluding carboxylic acids is 1. The molecule has 4 rings (SSSR count). The summed E-state index contributed by atoms with van der Waals surface area (Å²) in [5, 5.41) is 0.101. The highest BCUT2D eigenvalue weighted by Crippen LogP contribution is 2.43. The number of aryl methyl sites for hydroxylation is 1. The van der Waals surface area contributed by atoms with Crippen molar-refractivity contribution in [2.75, 3.05) is 0 Å². The first-order valence-corrected chi connectivity index (χ1v) is 8.55. The summed E-state index contributed by atoms with van der Waals surface area (Å²) in [7, 11) is 0. The van der Waals surface area contributed by atoms with Gasteiger partial charge in [-0.3, -0.25) is 4.79 Å². The number of hydrogen-bond donors (Lipinski definition) is 0. The normalized spacial score (nSPS) is 21.7. The molecule has 0 N–H and O–H groups in total. The van der Waals surface area contributed by atoms with Gasteiger partial charge in [-0.2, -0.15) is 0 Å². The van der Waals surface area contributed by atoms with Crippen LogP contribution in [0.4, 0.5) is 4.39 Å². The Kier molecular flexibility index (Phi) is 3.96. The molecule has 4 nitrogen and oxygen atoms in total. The van der Waals surface area contributed by atoms with E-state index < -0.39 is 5.82 Å². The van der Waals surface area contributed by atoms with Crippen molar-refractivity contribution in [2.24, 2.45) is 0 Å². The van der Waals surface area contributed by atoms with Crippen LogP contribution in [-0.4, -0.2) is 26.8 Å². The average Bonchev–Trinajstić information content (AvgIpc) is 2.91. The third-order valence-electron chi connectivity index (χ3n) is 5.02. The van der Waals surface area contributed by atoms with E-state index in [-0.39, 0.29) is 23.0 Å². The molecule has 2 bridgehead atoms. The second-order valence-corrected chi connectivity index (χ2v) is 6.83. The Morgan fingerprint density at radius 3 is 3.08 bits per heavy atom. The number of halogens is 2. The summed E-state index contributed by atoms with van der Waals surface area (Å²) in [6, 6.07) is 4.96. The van der Waals surface area contributed by atoms with Crippen LogP contribution in [0.2, 0.25) is 5.02 Å². The molecule has 2 aromatic rings. The van der Waals surface area contributed by atoms with E-state index in [4.69, 9.17) is 11.6 Å². The molecule has 1 saturated heterocycles. The summed E-state index contributed by atoms with van der Waals surface area (Å²) in [6.45, 7) is 0. The van der Waals surface area contributed by atoms with Crippen molar-refractivity contribution in [3.05, 3.63) is 58.4 Å². The van der Waals surface area contributed by atoms with Crippen LogP contribution in [0.25, 0.3) is 0 Å². The zero-order valence-electron chi connectivity index (χ0n) is 13.1. The monoisotopic (exact) mass is 345 g/mol. The van der Waals surface area contributed by atoms with E-state index in [0.717, 1.165) is 36.1 Å². The van der Waals surface area contributed by atoms with E-state index in [2.05, 4.69) is 9.97 Å². The van der Waals surface area contributed by atoms with Crippen LogP contribution in [0.5, 0.6) is 0 Å². The molecule has 1 aromatic heterocycles. The minimum Gasteiger partial charge on any atom is -0.332 e. The first kappa shape index (κ1) is 15.5. The van der Waals surface area contributed by atoms with Gasteiger partial charge in [-0.15, -0.1) is 0 Å². The Labute approximate surface area is 144 Å². The molecule has 1 fully saturated rings. The summed E-state index contributed by atoms with van der Waals surface area (Å²) in [6.07, 6.45) is 7.17. The molecule has 6 heteroatoms. The molecule has 2 aliphatic heterocycles. The molecule has 2 atom stereocenters. The summed E-state index contributed by atoms with van der Waals surface area (Å²) < 4.78 is 13.2. The third-order valence-corrected chi connectivity index (χ3v) is 5.31. The molecule has 24 heavy (non-hydrogen) atoms. The van der Waals surface area contributed by atoms with Gasteiger partial charge in [-0.05, 0) is 37.0 Å². The predicted octanol–water partition coefficient (Wildman–Crippen LogP) is 3.49. The lowest BCUT2D eigenvalue weighted by Crippen LogP contribution is -2.42. The van der Waals surface area contributed by atoms with Crippen molar-refractivity contribution in [3.8, 4) is 0 Å².